The predicted molar refractivity (Wildman–Crippen MR) is 94.2 cm³/mol. The molecule has 0 aromatic heterocycles. The van der Waals surface area contributed by atoms with Crippen molar-refractivity contribution in [3.05, 3.63) is 60.2 Å². The van der Waals surface area contributed by atoms with Crippen LogP contribution >= 0.6 is 0 Å². The Labute approximate surface area is 125 Å². The molecule has 0 radical (unpaired) electrons. The molecule has 1 heteroatoms. The van der Waals surface area contributed by atoms with E-state index < -0.39 is 0 Å². The van der Waals surface area contributed by atoms with Crippen molar-refractivity contribution in [1.29, 1.82) is 0 Å². The first kappa shape index (κ1) is 18.2. The molecule has 110 valence electrons. The standard InChI is InChI=1S/C15H17N.2C2H6/c1-4-6-7-12(5-2)13-8-9-14-11(3)16-15(14)10-13;2*1-2/h4-11,16H,1H2,2-3H3;2*1-2H3/b7-6-,12-5+;;. The summed E-state index contributed by atoms with van der Waals surface area (Å²) in [4.78, 5) is 0. The predicted octanol–water partition coefficient (Wildman–Crippen LogP) is 6.37. The van der Waals surface area contributed by atoms with Crippen LogP contribution < -0.4 is 5.32 Å². The first-order chi connectivity index (χ1) is 9.76. The molecular formula is C19H29N. The molecule has 0 aliphatic carbocycles. The van der Waals surface area contributed by atoms with E-state index in [4.69, 9.17) is 0 Å². The lowest BCUT2D eigenvalue weighted by molar-refractivity contribution is 0.819. The highest BCUT2D eigenvalue weighted by atomic mass is 15.0. The number of anilines is 1. The third-order valence-electron chi connectivity index (χ3n) is 2.95. The van der Waals surface area contributed by atoms with Gasteiger partial charge in [0.15, 0.2) is 0 Å². The quantitative estimate of drug-likeness (QED) is 0.630. The Morgan fingerprint density at radius 3 is 2.30 bits per heavy atom. The molecule has 0 saturated heterocycles. The molecule has 0 fully saturated rings. The second-order valence-corrected chi connectivity index (χ2v) is 4.01. The minimum atomic E-state index is 0.502. The SMILES string of the molecule is C=C/C=C\C(=C/C)c1ccc2c(c1)NC2C.CC.CC. The van der Waals surface area contributed by atoms with Crippen LogP contribution in [0.1, 0.15) is 58.7 Å². The van der Waals surface area contributed by atoms with Crippen LogP contribution in [0.2, 0.25) is 0 Å². The monoisotopic (exact) mass is 271 g/mol. The first-order valence-electron chi connectivity index (χ1n) is 7.62. The fraction of sp³-hybridized carbons (Fsp3) is 0.368. The highest BCUT2D eigenvalue weighted by Gasteiger charge is 2.20. The van der Waals surface area contributed by atoms with Crippen LogP contribution in [-0.4, -0.2) is 0 Å². The fourth-order valence-corrected chi connectivity index (χ4v) is 2.00. The van der Waals surface area contributed by atoms with Crippen molar-refractivity contribution in [2.45, 2.75) is 47.6 Å². The van der Waals surface area contributed by atoms with Gasteiger partial charge in [0.05, 0.1) is 6.04 Å². The van der Waals surface area contributed by atoms with E-state index in [1.165, 1.54) is 22.4 Å². The van der Waals surface area contributed by atoms with Gasteiger partial charge in [-0.2, -0.15) is 0 Å². The highest BCUT2D eigenvalue weighted by Crippen LogP contribution is 2.37. The summed E-state index contributed by atoms with van der Waals surface area (Å²) in [6.07, 6.45) is 7.95. The van der Waals surface area contributed by atoms with Gasteiger partial charge in [0.2, 0.25) is 0 Å². The zero-order valence-corrected chi connectivity index (χ0v) is 13.8. The highest BCUT2D eigenvalue weighted by molar-refractivity contribution is 5.78. The average molecular weight is 271 g/mol. The summed E-state index contributed by atoms with van der Waals surface area (Å²) in [6, 6.07) is 7.09. The zero-order valence-electron chi connectivity index (χ0n) is 13.8. The molecule has 20 heavy (non-hydrogen) atoms. The Bertz CT molecular complexity index is 467. The number of hydrogen-bond acceptors (Lipinski definition) is 1. The van der Waals surface area contributed by atoms with E-state index in [2.05, 4.69) is 56.1 Å². The summed E-state index contributed by atoms with van der Waals surface area (Å²) >= 11 is 0. The van der Waals surface area contributed by atoms with E-state index in [9.17, 15) is 0 Å². The summed E-state index contributed by atoms with van der Waals surface area (Å²) in [6.45, 7) is 15.9. The van der Waals surface area contributed by atoms with Crippen molar-refractivity contribution < 1.29 is 0 Å². The first-order valence-corrected chi connectivity index (χ1v) is 7.62. The lowest BCUT2D eigenvalue weighted by atomic mass is 9.93. The maximum Gasteiger partial charge on any atom is 0.0506 e. The molecule has 1 aliphatic heterocycles. The van der Waals surface area contributed by atoms with Crippen LogP contribution in [0, 0.1) is 0 Å². The summed E-state index contributed by atoms with van der Waals surface area (Å²) in [5.41, 5.74) is 5.14. The van der Waals surface area contributed by atoms with Crippen molar-refractivity contribution in [3.8, 4) is 0 Å². The van der Waals surface area contributed by atoms with Crippen LogP contribution in [0.3, 0.4) is 0 Å². The Morgan fingerprint density at radius 1 is 1.20 bits per heavy atom. The third kappa shape index (κ3) is 4.41. The number of benzene rings is 1. The Kier molecular flexibility index (Phi) is 9.19. The van der Waals surface area contributed by atoms with Crippen LogP contribution in [0.5, 0.6) is 0 Å². The molecule has 0 spiro atoms. The second kappa shape index (κ2) is 10.1. The van der Waals surface area contributed by atoms with E-state index >= 15 is 0 Å². The molecule has 1 nitrogen and oxygen atoms in total. The van der Waals surface area contributed by atoms with Gasteiger partial charge in [0, 0.05) is 5.69 Å². The van der Waals surface area contributed by atoms with Gasteiger partial charge >= 0.3 is 0 Å². The molecule has 1 atom stereocenters. The number of rotatable bonds is 3. The second-order valence-electron chi connectivity index (χ2n) is 4.01. The Balaban J connectivity index is 0.000000829. The summed E-state index contributed by atoms with van der Waals surface area (Å²) in [5.74, 6) is 0. The molecular weight excluding hydrogens is 242 g/mol. The number of fused-ring (bicyclic) bond motifs is 1. The number of allylic oxidation sites excluding steroid dienone is 5. The van der Waals surface area contributed by atoms with Gasteiger partial charge in [-0.15, -0.1) is 0 Å². The molecule has 1 aromatic rings. The lowest BCUT2D eigenvalue weighted by Gasteiger charge is -2.30. The molecule has 0 amide bonds. The van der Waals surface area contributed by atoms with E-state index in [1.54, 1.807) is 6.08 Å². The summed E-state index contributed by atoms with van der Waals surface area (Å²) < 4.78 is 0. The van der Waals surface area contributed by atoms with Gasteiger partial charge in [0.25, 0.3) is 0 Å². The zero-order chi connectivity index (χ0) is 15.5. The topological polar surface area (TPSA) is 12.0 Å². The molecule has 1 unspecified atom stereocenters. The minimum absolute atomic E-state index is 0.502. The van der Waals surface area contributed by atoms with Crippen LogP contribution in [0.25, 0.3) is 5.57 Å². The Morgan fingerprint density at radius 2 is 1.85 bits per heavy atom. The van der Waals surface area contributed by atoms with Gasteiger partial charge in [-0.1, -0.05) is 70.7 Å². The van der Waals surface area contributed by atoms with Gasteiger partial charge in [-0.25, -0.2) is 0 Å². The van der Waals surface area contributed by atoms with Crippen molar-refractivity contribution >= 4 is 11.3 Å². The van der Waals surface area contributed by atoms with Crippen LogP contribution in [0.15, 0.2) is 49.1 Å². The van der Waals surface area contributed by atoms with E-state index in [-0.39, 0.29) is 0 Å². The molecule has 1 heterocycles. The number of hydrogen-bond donors (Lipinski definition) is 1. The maximum absolute atomic E-state index is 3.69. The normalized spacial score (nSPS) is 15.7. The van der Waals surface area contributed by atoms with E-state index in [0.29, 0.717) is 6.04 Å². The maximum atomic E-state index is 3.69. The minimum Gasteiger partial charge on any atom is -0.378 e. The van der Waals surface area contributed by atoms with E-state index in [1.807, 2.05) is 33.8 Å². The van der Waals surface area contributed by atoms with Gasteiger partial charge in [-0.05, 0) is 36.6 Å². The molecule has 2 rings (SSSR count). The van der Waals surface area contributed by atoms with Crippen LogP contribution in [-0.2, 0) is 0 Å². The summed E-state index contributed by atoms with van der Waals surface area (Å²) in [7, 11) is 0. The smallest absolute Gasteiger partial charge is 0.0506 e. The third-order valence-corrected chi connectivity index (χ3v) is 2.95. The molecule has 0 bridgehead atoms. The van der Waals surface area contributed by atoms with Crippen molar-refractivity contribution in [2.24, 2.45) is 0 Å². The van der Waals surface area contributed by atoms with Crippen molar-refractivity contribution in [1.82, 2.24) is 0 Å². The largest absolute Gasteiger partial charge is 0.378 e. The number of nitrogens with one attached hydrogen (secondary N) is 1. The Hall–Kier alpha value is -1.76. The van der Waals surface area contributed by atoms with Crippen molar-refractivity contribution in [3.63, 3.8) is 0 Å². The van der Waals surface area contributed by atoms with Gasteiger partial charge in [-0.3, -0.25) is 0 Å². The average Bonchev–Trinajstić information content (AvgIpc) is 2.51. The lowest BCUT2D eigenvalue weighted by Crippen LogP contribution is -2.19. The molecule has 1 aliphatic rings. The molecule has 1 N–H and O–H groups in total. The van der Waals surface area contributed by atoms with Crippen molar-refractivity contribution in [2.75, 3.05) is 5.32 Å². The van der Waals surface area contributed by atoms with Gasteiger partial charge in [0.1, 0.15) is 0 Å². The van der Waals surface area contributed by atoms with Gasteiger partial charge < -0.3 is 5.32 Å². The molecule has 1 aromatic carbocycles. The van der Waals surface area contributed by atoms with Crippen LogP contribution in [0.4, 0.5) is 5.69 Å². The van der Waals surface area contributed by atoms with E-state index in [0.717, 1.165) is 0 Å². The molecule has 0 saturated carbocycles. The summed E-state index contributed by atoms with van der Waals surface area (Å²) in [5, 5.41) is 3.39. The fourth-order valence-electron chi connectivity index (χ4n) is 2.00.